The van der Waals surface area contributed by atoms with Gasteiger partial charge in [-0.2, -0.15) is 0 Å². The first-order valence-electron chi connectivity index (χ1n) is 5.45. The van der Waals surface area contributed by atoms with Crippen LogP contribution in [-0.2, 0) is 6.42 Å². The van der Waals surface area contributed by atoms with E-state index in [4.69, 9.17) is 0 Å². The first-order chi connectivity index (χ1) is 8.66. The standard InChI is InChI=1S/C13H11F3N2/c14-11-7-10(8-12(15)13(11)16)18-6-4-9-3-1-2-5-17-9/h1-3,5,7-8,18H,4,6H2. The van der Waals surface area contributed by atoms with Gasteiger partial charge in [0.15, 0.2) is 17.5 Å². The maximum atomic E-state index is 12.9. The Kier molecular flexibility index (Phi) is 3.82. The molecule has 0 atom stereocenters. The monoisotopic (exact) mass is 252 g/mol. The van der Waals surface area contributed by atoms with Crippen molar-refractivity contribution in [2.24, 2.45) is 0 Å². The Morgan fingerprint density at radius 1 is 1.06 bits per heavy atom. The molecule has 0 aliphatic carbocycles. The molecule has 0 unspecified atom stereocenters. The summed E-state index contributed by atoms with van der Waals surface area (Å²) in [6, 6.07) is 7.38. The Labute approximate surface area is 102 Å². The largest absolute Gasteiger partial charge is 0.384 e. The summed E-state index contributed by atoms with van der Waals surface area (Å²) >= 11 is 0. The molecule has 0 aliphatic heterocycles. The molecule has 2 rings (SSSR count). The van der Waals surface area contributed by atoms with Crippen LogP contribution in [0.4, 0.5) is 18.9 Å². The number of anilines is 1. The summed E-state index contributed by atoms with van der Waals surface area (Å²) < 4.78 is 38.6. The summed E-state index contributed by atoms with van der Waals surface area (Å²) in [4.78, 5) is 4.11. The molecule has 1 heterocycles. The van der Waals surface area contributed by atoms with Crippen LogP contribution in [0.1, 0.15) is 5.69 Å². The number of rotatable bonds is 4. The number of aromatic nitrogens is 1. The predicted molar refractivity (Wildman–Crippen MR) is 62.7 cm³/mol. The third-order valence-corrected chi connectivity index (χ3v) is 2.42. The van der Waals surface area contributed by atoms with Crippen molar-refractivity contribution in [3.63, 3.8) is 0 Å². The number of hydrogen-bond donors (Lipinski definition) is 1. The Morgan fingerprint density at radius 2 is 1.78 bits per heavy atom. The van der Waals surface area contributed by atoms with E-state index < -0.39 is 17.5 Å². The summed E-state index contributed by atoms with van der Waals surface area (Å²) in [7, 11) is 0. The van der Waals surface area contributed by atoms with Gasteiger partial charge in [-0.25, -0.2) is 13.2 Å². The first kappa shape index (κ1) is 12.4. The average molecular weight is 252 g/mol. The summed E-state index contributed by atoms with van der Waals surface area (Å²) in [6.07, 6.45) is 2.29. The van der Waals surface area contributed by atoms with Crippen molar-refractivity contribution >= 4 is 5.69 Å². The third kappa shape index (κ3) is 3.00. The van der Waals surface area contributed by atoms with Crippen LogP contribution in [0.3, 0.4) is 0 Å². The molecule has 2 nitrogen and oxygen atoms in total. The lowest BCUT2D eigenvalue weighted by atomic mass is 10.2. The van der Waals surface area contributed by atoms with E-state index in [1.54, 1.807) is 6.20 Å². The van der Waals surface area contributed by atoms with Crippen LogP contribution in [0.5, 0.6) is 0 Å². The van der Waals surface area contributed by atoms with Crippen molar-refractivity contribution in [1.29, 1.82) is 0 Å². The van der Waals surface area contributed by atoms with Gasteiger partial charge >= 0.3 is 0 Å². The van der Waals surface area contributed by atoms with Crippen molar-refractivity contribution < 1.29 is 13.2 Å². The zero-order chi connectivity index (χ0) is 13.0. The van der Waals surface area contributed by atoms with Gasteiger partial charge in [-0.3, -0.25) is 4.98 Å². The number of pyridine rings is 1. The highest BCUT2D eigenvalue weighted by Crippen LogP contribution is 2.17. The Hall–Kier alpha value is -2.04. The first-order valence-corrected chi connectivity index (χ1v) is 5.45. The maximum Gasteiger partial charge on any atom is 0.194 e. The highest BCUT2D eigenvalue weighted by Gasteiger charge is 2.09. The van der Waals surface area contributed by atoms with Gasteiger partial charge in [0, 0.05) is 42.7 Å². The summed E-state index contributed by atoms with van der Waals surface area (Å²) in [5.74, 6) is -3.85. The molecule has 0 saturated heterocycles. The Balaban J connectivity index is 1.95. The zero-order valence-electron chi connectivity index (χ0n) is 9.46. The number of nitrogens with zero attached hydrogens (tertiary/aromatic N) is 1. The van der Waals surface area contributed by atoms with E-state index in [0.717, 1.165) is 17.8 Å². The summed E-state index contributed by atoms with van der Waals surface area (Å²) in [6.45, 7) is 0.460. The van der Waals surface area contributed by atoms with E-state index in [0.29, 0.717) is 13.0 Å². The van der Waals surface area contributed by atoms with Crippen molar-refractivity contribution in [3.05, 3.63) is 59.7 Å². The number of benzene rings is 1. The highest BCUT2D eigenvalue weighted by molar-refractivity contribution is 5.44. The van der Waals surface area contributed by atoms with Crippen LogP contribution < -0.4 is 5.32 Å². The fraction of sp³-hybridized carbons (Fsp3) is 0.154. The number of nitrogens with one attached hydrogen (secondary N) is 1. The molecule has 0 fully saturated rings. The molecule has 0 aliphatic rings. The van der Waals surface area contributed by atoms with E-state index in [-0.39, 0.29) is 5.69 Å². The van der Waals surface area contributed by atoms with Crippen LogP contribution in [0, 0.1) is 17.5 Å². The normalized spacial score (nSPS) is 10.4. The molecule has 94 valence electrons. The fourth-order valence-corrected chi connectivity index (χ4v) is 1.54. The van der Waals surface area contributed by atoms with Crippen molar-refractivity contribution in [1.82, 2.24) is 4.98 Å². The molecule has 1 N–H and O–H groups in total. The molecule has 5 heteroatoms. The maximum absolute atomic E-state index is 12.9. The van der Waals surface area contributed by atoms with Crippen molar-refractivity contribution in [2.45, 2.75) is 6.42 Å². The lowest BCUT2D eigenvalue weighted by molar-refractivity contribution is 0.447. The second-order valence-corrected chi connectivity index (χ2v) is 3.75. The van der Waals surface area contributed by atoms with Crippen LogP contribution in [-0.4, -0.2) is 11.5 Å². The zero-order valence-corrected chi connectivity index (χ0v) is 9.46. The van der Waals surface area contributed by atoms with Crippen molar-refractivity contribution in [3.8, 4) is 0 Å². The van der Waals surface area contributed by atoms with E-state index >= 15 is 0 Å². The fourth-order valence-electron chi connectivity index (χ4n) is 1.54. The molecule has 0 radical (unpaired) electrons. The topological polar surface area (TPSA) is 24.9 Å². The smallest absolute Gasteiger partial charge is 0.194 e. The third-order valence-electron chi connectivity index (χ3n) is 2.42. The molecule has 0 saturated carbocycles. The molecule has 0 amide bonds. The molecular formula is C13H11F3N2. The quantitative estimate of drug-likeness (QED) is 0.845. The Morgan fingerprint density at radius 3 is 2.39 bits per heavy atom. The van der Waals surface area contributed by atoms with Gasteiger partial charge in [0.25, 0.3) is 0 Å². The van der Waals surface area contributed by atoms with E-state index in [1.807, 2.05) is 18.2 Å². The van der Waals surface area contributed by atoms with Gasteiger partial charge in [0.05, 0.1) is 0 Å². The van der Waals surface area contributed by atoms with Crippen molar-refractivity contribution in [2.75, 3.05) is 11.9 Å². The average Bonchev–Trinajstić information content (AvgIpc) is 2.37. The van der Waals surface area contributed by atoms with E-state index in [2.05, 4.69) is 10.3 Å². The van der Waals surface area contributed by atoms with Gasteiger partial charge in [0.2, 0.25) is 0 Å². The van der Waals surface area contributed by atoms with E-state index in [9.17, 15) is 13.2 Å². The van der Waals surface area contributed by atoms with E-state index in [1.165, 1.54) is 0 Å². The Bertz CT molecular complexity index is 506. The van der Waals surface area contributed by atoms with Gasteiger partial charge in [-0.1, -0.05) is 6.07 Å². The highest BCUT2D eigenvalue weighted by atomic mass is 19.2. The summed E-state index contributed by atoms with van der Waals surface area (Å²) in [5.41, 5.74) is 1.08. The molecule has 1 aromatic heterocycles. The second-order valence-electron chi connectivity index (χ2n) is 3.75. The van der Waals surface area contributed by atoms with Crippen LogP contribution in [0.25, 0.3) is 0 Å². The minimum atomic E-state index is -1.45. The number of hydrogen-bond acceptors (Lipinski definition) is 2. The molecular weight excluding hydrogens is 241 g/mol. The van der Waals surface area contributed by atoms with Gasteiger partial charge in [-0.15, -0.1) is 0 Å². The minimum Gasteiger partial charge on any atom is -0.384 e. The van der Waals surface area contributed by atoms with Gasteiger partial charge in [0.1, 0.15) is 0 Å². The predicted octanol–water partition coefficient (Wildman–Crippen LogP) is 3.15. The second kappa shape index (κ2) is 5.53. The SMILES string of the molecule is Fc1cc(NCCc2ccccn2)cc(F)c1F. The lowest BCUT2D eigenvalue weighted by Gasteiger charge is -2.07. The summed E-state index contributed by atoms with van der Waals surface area (Å²) in [5, 5.41) is 2.82. The molecule has 1 aromatic carbocycles. The molecule has 2 aromatic rings. The molecule has 18 heavy (non-hydrogen) atoms. The molecule has 0 spiro atoms. The minimum absolute atomic E-state index is 0.210. The molecule has 0 bridgehead atoms. The number of halogens is 3. The van der Waals surface area contributed by atoms with Crippen LogP contribution in [0.15, 0.2) is 36.5 Å². The van der Waals surface area contributed by atoms with Gasteiger partial charge < -0.3 is 5.32 Å². The lowest BCUT2D eigenvalue weighted by Crippen LogP contribution is -2.07. The van der Waals surface area contributed by atoms with Crippen LogP contribution in [0.2, 0.25) is 0 Å². The van der Waals surface area contributed by atoms with Gasteiger partial charge in [-0.05, 0) is 12.1 Å². The van der Waals surface area contributed by atoms with Crippen LogP contribution >= 0.6 is 0 Å².